The zero-order valence-corrected chi connectivity index (χ0v) is 15.6. The molecule has 0 saturated heterocycles. The Kier molecular flexibility index (Phi) is 4.65. The van der Waals surface area contributed by atoms with Gasteiger partial charge in [0.2, 0.25) is 23.0 Å². The number of pyridine rings is 1. The van der Waals surface area contributed by atoms with Crippen LogP contribution in [0.25, 0.3) is 22.8 Å². The van der Waals surface area contributed by atoms with Crippen molar-refractivity contribution >= 4 is 28.9 Å². The lowest BCUT2D eigenvalue weighted by Gasteiger charge is -2.10. The zero-order valence-electron chi connectivity index (χ0n) is 14.1. The summed E-state index contributed by atoms with van der Waals surface area (Å²) in [7, 11) is 0. The van der Waals surface area contributed by atoms with Gasteiger partial charge in [0.05, 0.1) is 10.5 Å². The first-order valence-corrected chi connectivity index (χ1v) is 8.16. The first kappa shape index (κ1) is 19.5. The topological polar surface area (TPSA) is 170 Å². The fourth-order valence-corrected chi connectivity index (χ4v) is 3.03. The number of benzene rings is 1. The van der Waals surface area contributed by atoms with Crippen LogP contribution in [0.1, 0.15) is 11.3 Å². The van der Waals surface area contributed by atoms with Gasteiger partial charge >= 0.3 is 5.69 Å². The summed E-state index contributed by atoms with van der Waals surface area (Å²) < 4.78 is 5.36. The van der Waals surface area contributed by atoms with E-state index >= 15 is 0 Å². The third-order valence-electron chi connectivity index (χ3n) is 4.02. The quantitative estimate of drug-likeness (QED) is 0.141. The van der Waals surface area contributed by atoms with Crippen molar-refractivity contribution in [3.05, 3.63) is 42.8 Å². The van der Waals surface area contributed by atoms with Gasteiger partial charge < -0.3 is 25.0 Å². The molecule has 13 heteroatoms. The molecule has 0 saturated carbocycles. The molecule has 3 aromatic rings. The number of hydrogen-bond acceptors (Lipinski definition) is 9. The fraction of sp³-hybridized carbons (Fsp3) is 0.133. The van der Waals surface area contributed by atoms with Crippen LogP contribution in [0.2, 0.25) is 10.2 Å². The van der Waals surface area contributed by atoms with E-state index in [9.17, 15) is 30.6 Å². The number of halogens is 2. The molecule has 0 radical (unpaired) electrons. The molecule has 28 heavy (non-hydrogen) atoms. The van der Waals surface area contributed by atoms with E-state index in [0.29, 0.717) is 10.3 Å². The van der Waals surface area contributed by atoms with Crippen molar-refractivity contribution in [3.63, 3.8) is 0 Å². The van der Waals surface area contributed by atoms with Gasteiger partial charge in [0.25, 0.3) is 11.0 Å². The van der Waals surface area contributed by atoms with Crippen LogP contribution in [0.3, 0.4) is 0 Å². The number of nitro benzene ring substituents is 1. The maximum atomic E-state index is 12.1. The summed E-state index contributed by atoms with van der Waals surface area (Å²) in [6.07, 6.45) is 0. The van der Waals surface area contributed by atoms with Crippen molar-refractivity contribution < 1.29 is 29.5 Å². The molecular formula is C15H10Cl2N4O7. The van der Waals surface area contributed by atoms with E-state index in [1.807, 2.05) is 0 Å². The summed E-state index contributed by atoms with van der Waals surface area (Å²) in [6, 6.07) is 0.742. The number of aromatic hydroxyl groups is 3. The van der Waals surface area contributed by atoms with Crippen LogP contribution >= 0.6 is 23.2 Å². The highest BCUT2D eigenvalue weighted by atomic mass is 35.5. The molecule has 0 aliphatic carbocycles. The molecule has 3 N–H and O–H groups in total. The van der Waals surface area contributed by atoms with Crippen LogP contribution in [0.4, 0.5) is 5.69 Å². The SMILES string of the molecule is Cc1c(Cl)c(C)[n+]([O-])c(Cl)c1-c1noc(-c2cc([N+](=O)[O-])c(O)c(O)c2O)n1. The van der Waals surface area contributed by atoms with E-state index in [4.69, 9.17) is 27.7 Å². The van der Waals surface area contributed by atoms with Crippen LogP contribution in [0.15, 0.2) is 10.6 Å². The number of phenols is 3. The molecular weight excluding hydrogens is 419 g/mol. The van der Waals surface area contributed by atoms with Gasteiger partial charge in [-0.1, -0.05) is 16.8 Å². The monoisotopic (exact) mass is 428 g/mol. The third-order valence-corrected chi connectivity index (χ3v) is 4.91. The van der Waals surface area contributed by atoms with Crippen molar-refractivity contribution in [3.8, 4) is 40.1 Å². The van der Waals surface area contributed by atoms with E-state index in [1.165, 1.54) is 6.92 Å². The molecule has 11 nitrogen and oxygen atoms in total. The van der Waals surface area contributed by atoms with Crippen LogP contribution < -0.4 is 4.73 Å². The van der Waals surface area contributed by atoms with Gasteiger partial charge in [-0.25, -0.2) is 0 Å². The van der Waals surface area contributed by atoms with E-state index in [-0.39, 0.29) is 27.3 Å². The van der Waals surface area contributed by atoms with Crippen LogP contribution in [-0.4, -0.2) is 30.4 Å². The molecule has 2 heterocycles. The van der Waals surface area contributed by atoms with Gasteiger partial charge in [-0.3, -0.25) is 10.1 Å². The maximum absolute atomic E-state index is 12.1. The minimum absolute atomic E-state index is 0.0549. The van der Waals surface area contributed by atoms with Gasteiger partial charge in [0.15, 0.2) is 5.75 Å². The van der Waals surface area contributed by atoms with Gasteiger partial charge in [0, 0.05) is 13.0 Å². The van der Waals surface area contributed by atoms with Gasteiger partial charge in [-0.15, -0.1) is 0 Å². The molecule has 3 rings (SSSR count). The summed E-state index contributed by atoms with van der Waals surface area (Å²) in [5, 5.41) is 55.9. The summed E-state index contributed by atoms with van der Waals surface area (Å²) in [5.41, 5.74) is -0.710. The van der Waals surface area contributed by atoms with Crippen molar-refractivity contribution in [2.24, 2.45) is 0 Å². The molecule has 0 spiro atoms. The number of hydrogen-bond donors (Lipinski definition) is 3. The molecule has 0 fully saturated rings. The molecule has 0 aliphatic rings. The summed E-state index contributed by atoms with van der Waals surface area (Å²) in [4.78, 5) is 14.0. The predicted molar refractivity (Wildman–Crippen MR) is 95.3 cm³/mol. The Balaban J connectivity index is 2.22. The molecule has 0 bridgehead atoms. The highest BCUT2D eigenvalue weighted by Crippen LogP contribution is 2.47. The highest BCUT2D eigenvalue weighted by Gasteiger charge is 2.30. The Hall–Kier alpha value is -3.31. The lowest BCUT2D eigenvalue weighted by Crippen LogP contribution is -2.33. The standard InChI is InChI=1S/C15H10Cl2N4O7/c1-4-8(13(17)20(25)5(2)9(4)16)14-18-15(28-19-14)6-3-7(21(26)27)11(23)12(24)10(6)22/h3,22-24H,1-2H3. The number of nitrogens with zero attached hydrogens (tertiary/aromatic N) is 4. The van der Waals surface area contributed by atoms with E-state index in [0.717, 1.165) is 6.07 Å². The van der Waals surface area contributed by atoms with Crippen molar-refractivity contribution in [2.45, 2.75) is 13.8 Å². The molecule has 0 aliphatic heterocycles. The first-order valence-electron chi connectivity index (χ1n) is 7.40. The van der Waals surface area contributed by atoms with Gasteiger partial charge in [-0.2, -0.15) is 9.71 Å². The molecule has 0 atom stereocenters. The lowest BCUT2D eigenvalue weighted by atomic mass is 10.1. The van der Waals surface area contributed by atoms with E-state index < -0.39 is 39.3 Å². The summed E-state index contributed by atoms with van der Waals surface area (Å²) >= 11 is 12.2. The smallest absolute Gasteiger partial charge is 0.315 e. The zero-order chi connectivity index (χ0) is 20.9. The molecule has 2 aromatic heterocycles. The Morgan fingerprint density at radius 1 is 1.18 bits per heavy atom. The second kappa shape index (κ2) is 6.69. The number of aromatic nitrogens is 3. The maximum Gasteiger partial charge on any atom is 0.315 e. The first-order chi connectivity index (χ1) is 13.1. The minimum Gasteiger partial charge on any atom is -0.617 e. The number of phenolic OH excluding ortho intramolecular Hbond substituents is 3. The van der Waals surface area contributed by atoms with Crippen molar-refractivity contribution in [1.29, 1.82) is 0 Å². The Morgan fingerprint density at radius 3 is 2.43 bits per heavy atom. The largest absolute Gasteiger partial charge is 0.617 e. The van der Waals surface area contributed by atoms with Crippen LogP contribution in [0.5, 0.6) is 17.2 Å². The second-order valence-corrected chi connectivity index (χ2v) is 6.39. The van der Waals surface area contributed by atoms with Gasteiger partial charge in [0.1, 0.15) is 10.6 Å². The fourth-order valence-electron chi connectivity index (χ4n) is 2.50. The average Bonchev–Trinajstić information content (AvgIpc) is 3.12. The Bertz CT molecular complexity index is 1120. The Morgan fingerprint density at radius 2 is 1.82 bits per heavy atom. The van der Waals surface area contributed by atoms with Crippen LogP contribution in [0, 0.1) is 29.2 Å². The molecule has 146 valence electrons. The van der Waals surface area contributed by atoms with Gasteiger partial charge in [-0.05, 0) is 24.1 Å². The normalized spacial score (nSPS) is 11.0. The van der Waals surface area contributed by atoms with E-state index in [2.05, 4.69) is 10.1 Å². The number of nitro groups is 1. The Labute approximate surface area is 165 Å². The van der Waals surface area contributed by atoms with Crippen LogP contribution in [-0.2, 0) is 0 Å². The van der Waals surface area contributed by atoms with E-state index in [1.54, 1.807) is 6.92 Å². The minimum atomic E-state index is -1.13. The number of rotatable bonds is 3. The second-order valence-electron chi connectivity index (χ2n) is 5.65. The highest BCUT2D eigenvalue weighted by molar-refractivity contribution is 6.34. The third kappa shape index (κ3) is 2.80. The lowest BCUT2D eigenvalue weighted by molar-refractivity contribution is -0.609. The van der Waals surface area contributed by atoms with Crippen molar-refractivity contribution in [2.75, 3.05) is 0 Å². The molecule has 1 aromatic carbocycles. The molecule has 0 unspecified atom stereocenters. The summed E-state index contributed by atoms with van der Waals surface area (Å²) in [6.45, 7) is 3.04. The summed E-state index contributed by atoms with van der Waals surface area (Å²) in [5.74, 6) is -3.78. The average molecular weight is 429 g/mol. The van der Waals surface area contributed by atoms with Crippen molar-refractivity contribution in [1.82, 2.24) is 10.1 Å². The molecule has 0 amide bonds. The predicted octanol–water partition coefficient (Wildman–Crippen LogP) is 2.99.